The van der Waals surface area contributed by atoms with E-state index in [-0.39, 0.29) is 0 Å². The first kappa shape index (κ1) is 13.9. The highest BCUT2D eigenvalue weighted by atomic mass is 32.1. The average molecular weight is 284 g/mol. The van der Waals surface area contributed by atoms with Gasteiger partial charge in [-0.15, -0.1) is 0 Å². The van der Waals surface area contributed by atoms with Crippen LogP contribution in [-0.2, 0) is 0 Å². The molecule has 0 aliphatic heterocycles. The molecule has 4 nitrogen and oxygen atoms in total. The summed E-state index contributed by atoms with van der Waals surface area (Å²) in [5.41, 5.74) is 2.47. The van der Waals surface area contributed by atoms with Crippen LogP contribution in [0, 0.1) is 6.92 Å². The minimum atomic E-state index is -0.542. The van der Waals surface area contributed by atoms with Crippen molar-refractivity contribution in [2.75, 3.05) is 5.32 Å². The lowest BCUT2D eigenvalue weighted by Crippen LogP contribution is -2.16. The predicted molar refractivity (Wildman–Crippen MR) is 82.0 cm³/mol. The zero-order valence-electron chi connectivity index (χ0n) is 10.8. The summed E-state index contributed by atoms with van der Waals surface area (Å²) in [7, 11) is 0. The maximum atomic E-state index is 11.7. The van der Waals surface area contributed by atoms with Crippen LogP contribution in [0.1, 0.15) is 5.56 Å². The fourth-order valence-corrected chi connectivity index (χ4v) is 1.63. The number of carbonyl (C=O) groups excluding carboxylic acids is 1. The molecule has 0 heterocycles. The fourth-order valence-electron chi connectivity index (χ4n) is 1.53. The molecule has 0 spiro atoms. The second-order valence-corrected chi connectivity index (χ2v) is 4.26. The largest absolute Gasteiger partial charge is 0.417 e. The van der Waals surface area contributed by atoms with Crippen molar-refractivity contribution in [2.24, 2.45) is 4.99 Å². The molecule has 2 aromatic rings. The number of carbonyl (C=O) groups is 1. The molecule has 2 rings (SSSR count). The SMILES string of the molecule is Cc1ccc(NC(=O)Oc2ccc(N=C=S)cc2)cc1. The quantitative estimate of drug-likeness (QED) is 0.673. The number of aliphatic imine (C=N–C) groups is 1. The molecule has 100 valence electrons. The summed E-state index contributed by atoms with van der Waals surface area (Å²) in [6, 6.07) is 14.1. The lowest BCUT2D eigenvalue weighted by molar-refractivity contribution is 0.215. The molecule has 1 amide bonds. The van der Waals surface area contributed by atoms with Gasteiger partial charge in [0, 0.05) is 5.69 Å². The van der Waals surface area contributed by atoms with Crippen LogP contribution in [-0.4, -0.2) is 11.3 Å². The Kier molecular flexibility index (Phi) is 4.60. The van der Waals surface area contributed by atoms with Crippen LogP contribution in [0.4, 0.5) is 16.2 Å². The molecule has 0 bridgehead atoms. The smallest absolute Gasteiger partial charge is 0.410 e. The zero-order valence-corrected chi connectivity index (χ0v) is 11.6. The molecule has 0 aromatic heterocycles. The van der Waals surface area contributed by atoms with Gasteiger partial charge in [-0.2, -0.15) is 4.99 Å². The number of rotatable bonds is 3. The molecule has 0 fully saturated rings. The Labute approximate surface area is 122 Å². The van der Waals surface area contributed by atoms with Crippen LogP contribution in [0.5, 0.6) is 5.75 Å². The Morgan fingerprint density at radius 2 is 1.80 bits per heavy atom. The van der Waals surface area contributed by atoms with Gasteiger partial charge in [0.05, 0.1) is 10.8 Å². The molecule has 0 aliphatic rings. The molecule has 0 saturated heterocycles. The third kappa shape index (κ3) is 4.02. The summed E-state index contributed by atoms with van der Waals surface area (Å²) in [4.78, 5) is 15.5. The summed E-state index contributed by atoms with van der Waals surface area (Å²) in [5.74, 6) is 0.429. The van der Waals surface area contributed by atoms with E-state index in [1.165, 1.54) is 0 Å². The van der Waals surface area contributed by atoms with Crippen LogP contribution >= 0.6 is 12.2 Å². The summed E-state index contributed by atoms with van der Waals surface area (Å²) in [5, 5.41) is 4.91. The molecule has 0 aliphatic carbocycles. The van der Waals surface area contributed by atoms with Gasteiger partial charge in [0.15, 0.2) is 0 Å². The Morgan fingerprint density at radius 1 is 1.15 bits per heavy atom. The number of thiocarbonyl (C=S) groups is 1. The van der Waals surface area contributed by atoms with Crippen LogP contribution in [0.15, 0.2) is 53.5 Å². The van der Waals surface area contributed by atoms with Crippen LogP contribution < -0.4 is 10.1 Å². The molecule has 1 N–H and O–H groups in total. The lowest BCUT2D eigenvalue weighted by atomic mass is 10.2. The van der Waals surface area contributed by atoms with E-state index < -0.39 is 6.09 Å². The molecule has 0 radical (unpaired) electrons. The van der Waals surface area contributed by atoms with Gasteiger partial charge in [-0.05, 0) is 55.5 Å². The number of anilines is 1. The summed E-state index contributed by atoms with van der Waals surface area (Å²) < 4.78 is 5.14. The van der Waals surface area contributed by atoms with Crippen molar-refractivity contribution in [1.82, 2.24) is 0 Å². The minimum absolute atomic E-state index is 0.429. The number of nitrogens with zero attached hydrogens (tertiary/aromatic N) is 1. The second kappa shape index (κ2) is 6.61. The van der Waals surface area contributed by atoms with E-state index >= 15 is 0 Å². The van der Waals surface area contributed by atoms with Gasteiger partial charge in [0.2, 0.25) is 0 Å². The zero-order chi connectivity index (χ0) is 14.4. The summed E-state index contributed by atoms with van der Waals surface area (Å²) >= 11 is 4.51. The fraction of sp³-hybridized carbons (Fsp3) is 0.0667. The van der Waals surface area contributed by atoms with E-state index in [9.17, 15) is 4.79 Å². The summed E-state index contributed by atoms with van der Waals surface area (Å²) in [6.45, 7) is 1.98. The maximum absolute atomic E-state index is 11.7. The molecule has 0 saturated carbocycles. The number of ether oxygens (including phenoxy) is 1. The number of hydrogen-bond acceptors (Lipinski definition) is 4. The Bertz CT molecular complexity index is 645. The number of nitrogens with one attached hydrogen (secondary N) is 1. The van der Waals surface area contributed by atoms with Gasteiger partial charge < -0.3 is 4.74 Å². The number of aryl methyl sites for hydroxylation is 1. The van der Waals surface area contributed by atoms with Gasteiger partial charge in [0.25, 0.3) is 0 Å². The number of amides is 1. The Hall–Kier alpha value is -2.49. The topological polar surface area (TPSA) is 50.7 Å². The van der Waals surface area contributed by atoms with Gasteiger partial charge in [0.1, 0.15) is 5.75 Å². The van der Waals surface area contributed by atoms with E-state index in [4.69, 9.17) is 4.74 Å². The van der Waals surface area contributed by atoms with Crippen molar-refractivity contribution in [3.63, 3.8) is 0 Å². The number of benzene rings is 2. The van der Waals surface area contributed by atoms with Crippen molar-refractivity contribution in [3.8, 4) is 5.75 Å². The normalized spacial score (nSPS) is 9.45. The van der Waals surface area contributed by atoms with Crippen LogP contribution in [0.25, 0.3) is 0 Å². The predicted octanol–water partition coefficient (Wildman–Crippen LogP) is 4.34. The van der Waals surface area contributed by atoms with Crippen molar-refractivity contribution in [1.29, 1.82) is 0 Å². The lowest BCUT2D eigenvalue weighted by Gasteiger charge is -2.06. The maximum Gasteiger partial charge on any atom is 0.417 e. The monoisotopic (exact) mass is 284 g/mol. The average Bonchev–Trinajstić information content (AvgIpc) is 2.44. The van der Waals surface area contributed by atoms with Crippen molar-refractivity contribution >= 4 is 34.8 Å². The molecule has 2 aromatic carbocycles. The van der Waals surface area contributed by atoms with Crippen LogP contribution in [0.2, 0.25) is 0 Å². The second-order valence-electron chi connectivity index (χ2n) is 4.08. The molecular weight excluding hydrogens is 272 g/mol. The first-order valence-electron chi connectivity index (χ1n) is 5.91. The van der Waals surface area contributed by atoms with Crippen LogP contribution in [0.3, 0.4) is 0 Å². The number of hydrogen-bond donors (Lipinski definition) is 1. The molecule has 5 heteroatoms. The third-order valence-electron chi connectivity index (χ3n) is 2.52. The molecule has 0 unspecified atom stereocenters. The van der Waals surface area contributed by atoms with E-state index in [1.54, 1.807) is 24.3 Å². The van der Waals surface area contributed by atoms with Crippen molar-refractivity contribution in [2.45, 2.75) is 6.92 Å². The van der Waals surface area contributed by atoms with E-state index in [0.717, 1.165) is 5.56 Å². The summed E-state index contributed by atoms with van der Waals surface area (Å²) in [6.07, 6.45) is -0.542. The minimum Gasteiger partial charge on any atom is -0.410 e. The van der Waals surface area contributed by atoms with E-state index in [1.807, 2.05) is 31.2 Å². The van der Waals surface area contributed by atoms with Gasteiger partial charge in [-0.3, -0.25) is 5.32 Å². The highest BCUT2D eigenvalue weighted by Crippen LogP contribution is 2.18. The first-order chi connectivity index (χ1) is 9.67. The standard InChI is InChI=1S/C15H12N2O2S/c1-11-2-4-13(5-3-11)17-15(18)19-14-8-6-12(7-9-14)16-10-20/h2-9H,1H3,(H,17,18). The molecule has 0 atom stereocenters. The van der Waals surface area contributed by atoms with Gasteiger partial charge in [-0.25, -0.2) is 4.79 Å². The van der Waals surface area contributed by atoms with Crippen molar-refractivity contribution in [3.05, 3.63) is 54.1 Å². The Balaban J connectivity index is 1.97. The van der Waals surface area contributed by atoms with E-state index in [2.05, 4.69) is 27.7 Å². The highest BCUT2D eigenvalue weighted by molar-refractivity contribution is 7.78. The Morgan fingerprint density at radius 3 is 2.40 bits per heavy atom. The van der Waals surface area contributed by atoms with Gasteiger partial charge >= 0.3 is 6.09 Å². The third-order valence-corrected chi connectivity index (χ3v) is 2.61. The molecule has 20 heavy (non-hydrogen) atoms. The van der Waals surface area contributed by atoms with Crippen molar-refractivity contribution < 1.29 is 9.53 Å². The first-order valence-corrected chi connectivity index (χ1v) is 6.31. The van der Waals surface area contributed by atoms with Gasteiger partial charge in [-0.1, -0.05) is 17.7 Å². The highest BCUT2D eigenvalue weighted by Gasteiger charge is 2.04. The molecular formula is C15H12N2O2S. The number of isothiocyanates is 1. The van der Waals surface area contributed by atoms with E-state index in [0.29, 0.717) is 17.1 Å².